The molecule has 0 unspecified atom stereocenters. The molecule has 0 radical (unpaired) electrons. The number of carbonyl (C=O) groups excluding carboxylic acids is 2. The number of aliphatic hydroxyl groups is 3. The summed E-state index contributed by atoms with van der Waals surface area (Å²) in [6, 6.07) is -0.827. The second-order valence-electron chi connectivity index (χ2n) is 20.6. The summed E-state index contributed by atoms with van der Waals surface area (Å²) in [5.74, 6) is -0.250. The van der Waals surface area contributed by atoms with Crippen molar-refractivity contribution in [3.8, 4) is 0 Å². The Kier molecular flexibility index (Phi) is 43.7. The molecule has 0 aromatic heterocycles. The number of esters is 1. The summed E-state index contributed by atoms with van der Waals surface area (Å²) >= 11 is 0. The standard InChI is InChI=1S/C62H121NO6/c1-3-5-7-9-11-13-15-17-27-31-35-39-43-47-51-55-61(67)69-56-52-48-44-40-36-32-29-26-24-22-20-18-19-21-23-25-28-30-34-38-42-46-50-54-60(66)63-58(57-64)62(68)59(65)53-49-45-41-37-33-16-14-12-10-8-6-4-2/h17,27,58-59,62,64-65,68H,3-16,18-26,28-57H2,1-2H3,(H,63,66)/b27-17-/t58-,59+,62-/m0/s1/i1D3,3D2,5D2,7D2. The number of hydrogen-bond acceptors (Lipinski definition) is 6. The molecule has 0 fully saturated rings. The quantitative estimate of drug-likeness (QED) is 0.0274. The Morgan fingerprint density at radius 2 is 0.870 bits per heavy atom. The van der Waals surface area contributed by atoms with Gasteiger partial charge in [0, 0.05) is 25.2 Å². The van der Waals surface area contributed by atoms with Gasteiger partial charge in [-0.2, -0.15) is 0 Å². The summed E-state index contributed by atoms with van der Waals surface area (Å²) in [5, 5.41) is 33.6. The number of aliphatic hydroxyl groups excluding tert-OH is 3. The predicted molar refractivity (Wildman–Crippen MR) is 298 cm³/mol. The number of carbonyl (C=O) groups is 2. The summed E-state index contributed by atoms with van der Waals surface area (Å²) in [6.07, 6.45) is 45.4. The largest absolute Gasteiger partial charge is 0.466 e. The van der Waals surface area contributed by atoms with E-state index in [4.69, 9.17) is 17.1 Å². The van der Waals surface area contributed by atoms with Gasteiger partial charge in [0.1, 0.15) is 6.10 Å². The van der Waals surface area contributed by atoms with E-state index < -0.39 is 44.2 Å². The first-order valence-corrected chi connectivity index (χ1v) is 29.9. The Labute approximate surface area is 442 Å². The zero-order valence-corrected chi connectivity index (χ0v) is 45.3. The minimum absolute atomic E-state index is 0.0888. The number of amides is 1. The molecule has 0 rings (SSSR count). The molecule has 410 valence electrons. The second kappa shape index (κ2) is 57.5. The van der Waals surface area contributed by atoms with Crippen molar-refractivity contribution in [3.05, 3.63) is 12.2 Å². The first-order valence-electron chi connectivity index (χ1n) is 34.4. The molecule has 0 saturated heterocycles. The molecule has 0 aromatic rings. The van der Waals surface area contributed by atoms with E-state index in [-0.39, 0.29) is 24.9 Å². The molecule has 0 saturated carbocycles. The smallest absolute Gasteiger partial charge is 0.305 e. The molecule has 7 heteroatoms. The number of allylic oxidation sites excluding steroid dienone is 2. The molecule has 0 aliphatic heterocycles. The van der Waals surface area contributed by atoms with Crippen LogP contribution in [-0.2, 0) is 14.3 Å². The van der Waals surface area contributed by atoms with Crippen LogP contribution in [0.15, 0.2) is 12.2 Å². The summed E-state index contributed by atoms with van der Waals surface area (Å²) in [7, 11) is 0. The Hall–Kier alpha value is -1.44. The lowest BCUT2D eigenvalue weighted by Crippen LogP contribution is -2.50. The zero-order valence-electron chi connectivity index (χ0n) is 54.3. The maximum Gasteiger partial charge on any atom is 0.305 e. The fraction of sp³-hybridized carbons (Fsp3) is 0.935. The van der Waals surface area contributed by atoms with E-state index in [1.54, 1.807) is 0 Å². The van der Waals surface area contributed by atoms with E-state index in [0.717, 1.165) is 89.9 Å². The Morgan fingerprint density at radius 1 is 0.493 bits per heavy atom. The highest BCUT2D eigenvalue weighted by molar-refractivity contribution is 5.76. The van der Waals surface area contributed by atoms with Crippen molar-refractivity contribution in [1.29, 1.82) is 0 Å². The van der Waals surface area contributed by atoms with E-state index in [1.807, 2.05) is 6.08 Å². The summed E-state index contributed by atoms with van der Waals surface area (Å²) in [4.78, 5) is 24.6. The van der Waals surface area contributed by atoms with E-state index in [1.165, 1.54) is 173 Å². The van der Waals surface area contributed by atoms with Crippen molar-refractivity contribution < 1.29 is 42.0 Å². The maximum absolute atomic E-state index is 12.5. The van der Waals surface area contributed by atoms with Gasteiger partial charge in [0.15, 0.2) is 0 Å². The molecule has 0 spiro atoms. The fourth-order valence-electron chi connectivity index (χ4n) is 9.39. The van der Waals surface area contributed by atoms with E-state index in [0.29, 0.717) is 45.1 Å². The molecule has 69 heavy (non-hydrogen) atoms. The molecular weight excluding hydrogens is 855 g/mol. The molecule has 0 aliphatic carbocycles. The molecule has 0 bridgehead atoms. The van der Waals surface area contributed by atoms with Crippen LogP contribution in [0.2, 0.25) is 0 Å². The van der Waals surface area contributed by atoms with Gasteiger partial charge in [-0.05, 0) is 51.4 Å². The first-order chi connectivity index (χ1) is 37.4. The minimum Gasteiger partial charge on any atom is -0.466 e. The normalized spacial score (nSPS) is 15.8. The molecule has 4 N–H and O–H groups in total. The highest BCUT2D eigenvalue weighted by atomic mass is 16.5. The SMILES string of the molecule is [2H]C([2H])([2H])C([2H])([2H])C([2H])([2H])C([2H])([2H])CCCC/C=C\CCCCCCCC(=O)OCCCCCCCCCCCCCCCCCCCCCCCCCC(=O)N[C@@H](CO)[C@H](O)[C@H](O)CCCCCCCCCCCCCC. The molecule has 0 aliphatic rings. The van der Waals surface area contributed by atoms with Gasteiger partial charge in [-0.15, -0.1) is 0 Å². The Morgan fingerprint density at radius 3 is 1.30 bits per heavy atom. The van der Waals surface area contributed by atoms with Gasteiger partial charge < -0.3 is 25.4 Å². The highest BCUT2D eigenvalue weighted by Gasteiger charge is 2.26. The van der Waals surface area contributed by atoms with Crippen molar-refractivity contribution >= 4 is 11.9 Å². The fourth-order valence-corrected chi connectivity index (χ4v) is 9.39. The van der Waals surface area contributed by atoms with Crippen molar-refractivity contribution in [2.24, 2.45) is 0 Å². The van der Waals surface area contributed by atoms with Crippen LogP contribution in [0.25, 0.3) is 0 Å². The molecule has 3 atom stereocenters. The van der Waals surface area contributed by atoms with Gasteiger partial charge in [-0.1, -0.05) is 289 Å². The average Bonchev–Trinajstić information content (AvgIpc) is 3.45. The number of ether oxygens (including phenoxy) is 1. The van der Waals surface area contributed by atoms with Gasteiger partial charge >= 0.3 is 5.97 Å². The lowest BCUT2D eigenvalue weighted by molar-refractivity contribution is -0.143. The van der Waals surface area contributed by atoms with Gasteiger partial charge in [0.25, 0.3) is 0 Å². The molecule has 0 heterocycles. The van der Waals surface area contributed by atoms with Crippen LogP contribution in [-0.4, -0.2) is 58.7 Å². The molecule has 1 amide bonds. The predicted octanol–water partition coefficient (Wildman–Crippen LogP) is 18.2. The lowest BCUT2D eigenvalue weighted by Gasteiger charge is -2.26. The van der Waals surface area contributed by atoms with E-state index in [9.17, 15) is 24.9 Å². The maximum atomic E-state index is 12.5. The monoisotopic (exact) mass is 985 g/mol. The van der Waals surface area contributed by atoms with Gasteiger partial charge in [-0.3, -0.25) is 9.59 Å². The summed E-state index contributed by atoms with van der Waals surface area (Å²) < 4.78 is 74.6. The minimum atomic E-state index is -3.29. The topological polar surface area (TPSA) is 116 Å². The van der Waals surface area contributed by atoms with Crippen LogP contribution in [0.4, 0.5) is 0 Å². The van der Waals surface area contributed by atoms with Gasteiger partial charge in [0.05, 0.1) is 25.4 Å². The van der Waals surface area contributed by atoms with Crippen LogP contribution in [0.5, 0.6) is 0 Å². The number of rotatable bonds is 58. The van der Waals surface area contributed by atoms with Crippen molar-refractivity contribution in [2.45, 2.75) is 359 Å². The zero-order chi connectivity index (χ0) is 58.1. The molecule has 0 aromatic carbocycles. The number of hydrogen-bond donors (Lipinski definition) is 4. The van der Waals surface area contributed by atoms with Gasteiger partial charge in [0.2, 0.25) is 5.91 Å². The average molecular weight is 986 g/mol. The van der Waals surface area contributed by atoms with Gasteiger partial charge in [-0.25, -0.2) is 0 Å². The van der Waals surface area contributed by atoms with Crippen LogP contribution in [0.1, 0.15) is 353 Å². The third kappa shape index (κ3) is 52.7. The van der Waals surface area contributed by atoms with Crippen molar-refractivity contribution in [3.63, 3.8) is 0 Å². The third-order valence-corrected chi connectivity index (χ3v) is 14.0. The van der Waals surface area contributed by atoms with E-state index in [2.05, 4.69) is 18.3 Å². The van der Waals surface area contributed by atoms with Crippen LogP contribution in [0.3, 0.4) is 0 Å². The van der Waals surface area contributed by atoms with Crippen LogP contribution >= 0.6 is 0 Å². The number of unbranched alkanes of at least 4 members (excludes halogenated alkanes) is 40. The van der Waals surface area contributed by atoms with Crippen LogP contribution in [0, 0.1) is 0 Å². The second-order valence-corrected chi connectivity index (χ2v) is 20.6. The van der Waals surface area contributed by atoms with Crippen molar-refractivity contribution in [2.75, 3.05) is 13.2 Å². The molecule has 7 nitrogen and oxygen atoms in total. The highest BCUT2D eigenvalue weighted by Crippen LogP contribution is 2.18. The third-order valence-electron chi connectivity index (χ3n) is 14.0. The Bertz CT molecular complexity index is 1400. The molecular formula is C62H121NO6. The first kappa shape index (κ1) is 52.4. The lowest BCUT2D eigenvalue weighted by atomic mass is 9.99. The summed E-state index contributed by atoms with van der Waals surface area (Å²) in [5.41, 5.74) is 0. The summed E-state index contributed by atoms with van der Waals surface area (Å²) in [6.45, 7) is -0.860. The van der Waals surface area contributed by atoms with Crippen LogP contribution < -0.4 is 5.32 Å². The Balaban J connectivity index is 3.51. The number of nitrogens with one attached hydrogen (secondary N) is 1. The van der Waals surface area contributed by atoms with Crippen molar-refractivity contribution in [1.82, 2.24) is 5.32 Å². The van der Waals surface area contributed by atoms with E-state index >= 15 is 0 Å².